The van der Waals surface area contributed by atoms with E-state index in [0.29, 0.717) is 44.6 Å². The number of fused-ring (bicyclic) bond motifs is 1. The second-order valence-corrected chi connectivity index (χ2v) is 10.1. The number of rotatable bonds is 9. The summed E-state index contributed by atoms with van der Waals surface area (Å²) in [6.45, 7) is 2.31. The Balaban J connectivity index is 1.30. The molecule has 0 aliphatic carbocycles. The molecule has 2 aromatic carbocycles. The number of likely N-dealkylation sites (tertiary alicyclic amines) is 1. The molecule has 8 nitrogen and oxygen atoms in total. The Morgan fingerprint density at radius 1 is 1.11 bits per heavy atom. The molecule has 8 heteroatoms. The normalized spacial score (nSPS) is 18.9. The SMILES string of the molecule is COC(=O)C[C@@H]1C[C@@H](CCNC(=O)N2CCc3ccc(C#N)cc3CC2)N(CCCc2ccccc2)C1=O. The Morgan fingerprint density at radius 3 is 2.61 bits per heavy atom. The highest BCUT2D eigenvalue weighted by molar-refractivity contribution is 5.86. The number of nitriles is 1. The van der Waals surface area contributed by atoms with Gasteiger partial charge in [-0.1, -0.05) is 36.4 Å². The molecule has 3 amide bonds. The molecule has 2 heterocycles. The largest absolute Gasteiger partial charge is 0.469 e. The maximum Gasteiger partial charge on any atom is 0.317 e. The number of nitrogens with one attached hydrogen (secondary N) is 1. The van der Waals surface area contributed by atoms with E-state index in [1.54, 1.807) is 0 Å². The van der Waals surface area contributed by atoms with Gasteiger partial charge in [0.2, 0.25) is 5.91 Å². The van der Waals surface area contributed by atoms with E-state index in [1.165, 1.54) is 18.2 Å². The fourth-order valence-corrected chi connectivity index (χ4v) is 5.55. The Labute approximate surface area is 224 Å². The number of amides is 3. The van der Waals surface area contributed by atoms with E-state index in [1.807, 2.05) is 46.2 Å². The lowest BCUT2D eigenvalue weighted by Crippen LogP contribution is -2.43. The maximum absolute atomic E-state index is 13.1. The Bertz CT molecular complexity index is 1180. The number of hydrogen-bond donors (Lipinski definition) is 1. The van der Waals surface area contributed by atoms with Crippen molar-refractivity contribution in [2.24, 2.45) is 5.92 Å². The van der Waals surface area contributed by atoms with E-state index < -0.39 is 0 Å². The third-order valence-corrected chi connectivity index (χ3v) is 7.66. The lowest BCUT2D eigenvalue weighted by atomic mass is 10.00. The van der Waals surface area contributed by atoms with E-state index in [0.717, 1.165) is 31.2 Å². The van der Waals surface area contributed by atoms with Crippen molar-refractivity contribution in [2.45, 2.75) is 51.0 Å². The summed E-state index contributed by atoms with van der Waals surface area (Å²) in [5.41, 5.74) is 4.20. The summed E-state index contributed by atoms with van der Waals surface area (Å²) in [6, 6.07) is 18.0. The molecular formula is C30H36N4O4. The average Bonchev–Trinajstić information content (AvgIpc) is 3.09. The summed E-state index contributed by atoms with van der Waals surface area (Å²) in [5.74, 6) is -0.741. The van der Waals surface area contributed by atoms with Gasteiger partial charge in [0.25, 0.3) is 0 Å². The molecule has 0 unspecified atom stereocenters. The van der Waals surface area contributed by atoms with Gasteiger partial charge in [0.1, 0.15) is 0 Å². The summed E-state index contributed by atoms with van der Waals surface area (Å²) in [7, 11) is 1.34. The summed E-state index contributed by atoms with van der Waals surface area (Å²) >= 11 is 0. The molecule has 1 saturated heterocycles. The highest BCUT2D eigenvalue weighted by atomic mass is 16.5. The Kier molecular flexibility index (Phi) is 9.36. The summed E-state index contributed by atoms with van der Waals surface area (Å²) in [6.07, 6.45) is 4.52. The van der Waals surface area contributed by atoms with Gasteiger partial charge >= 0.3 is 12.0 Å². The summed E-state index contributed by atoms with van der Waals surface area (Å²) in [4.78, 5) is 41.7. The summed E-state index contributed by atoms with van der Waals surface area (Å²) in [5, 5.41) is 12.2. The van der Waals surface area contributed by atoms with Gasteiger partial charge in [-0.2, -0.15) is 5.26 Å². The van der Waals surface area contributed by atoms with Crippen molar-refractivity contribution in [1.29, 1.82) is 5.26 Å². The van der Waals surface area contributed by atoms with Crippen molar-refractivity contribution >= 4 is 17.9 Å². The predicted molar refractivity (Wildman–Crippen MR) is 143 cm³/mol. The zero-order chi connectivity index (χ0) is 26.9. The summed E-state index contributed by atoms with van der Waals surface area (Å²) < 4.78 is 4.81. The van der Waals surface area contributed by atoms with Crippen LogP contribution in [0.15, 0.2) is 48.5 Å². The van der Waals surface area contributed by atoms with E-state index in [-0.39, 0.29) is 36.3 Å². The molecule has 2 aliphatic heterocycles. The average molecular weight is 517 g/mol. The topological polar surface area (TPSA) is 103 Å². The predicted octanol–water partition coefficient (Wildman–Crippen LogP) is 3.47. The Morgan fingerprint density at radius 2 is 1.87 bits per heavy atom. The molecule has 200 valence electrons. The lowest BCUT2D eigenvalue weighted by molar-refractivity contribution is -0.144. The van der Waals surface area contributed by atoms with Gasteiger partial charge in [-0.25, -0.2) is 4.79 Å². The molecule has 1 N–H and O–H groups in total. The van der Waals surface area contributed by atoms with Crippen LogP contribution in [-0.2, 0) is 33.6 Å². The fraction of sp³-hybridized carbons (Fsp3) is 0.467. The molecule has 0 spiro atoms. The van der Waals surface area contributed by atoms with Crippen LogP contribution >= 0.6 is 0 Å². The number of carbonyl (C=O) groups excluding carboxylic acids is 3. The van der Waals surface area contributed by atoms with Crippen molar-refractivity contribution in [3.8, 4) is 6.07 Å². The number of urea groups is 1. The first-order valence-electron chi connectivity index (χ1n) is 13.4. The first-order valence-corrected chi connectivity index (χ1v) is 13.4. The van der Waals surface area contributed by atoms with E-state index in [9.17, 15) is 19.6 Å². The van der Waals surface area contributed by atoms with Crippen LogP contribution in [0.3, 0.4) is 0 Å². The molecule has 2 aliphatic rings. The molecule has 0 aromatic heterocycles. The van der Waals surface area contributed by atoms with Crippen LogP contribution in [0.5, 0.6) is 0 Å². The molecule has 4 rings (SSSR count). The number of benzene rings is 2. The van der Waals surface area contributed by atoms with E-state index in [4.69, 9.17) is 4.74 Å². The number of methoxy groups -OCH3 is 1. The lowest BCUT2D eigenvalue weighted by Gasteiger charge is -2.26. The smallest absolute Gasteiger partial charge is 0.317 e. The quantitative estimate of drug-likeness (QED) is 0.514. The molecule has 1 fully saturated rings. The second kappa shape index (κ2) is 13.1. The minimum atomic E-state index is -0.373. The van der Waals surface area contributed by atoms with Gasteiger partial charge in [-0.15, -0.1) is 0 Å². The zero-order valence-corrected chi connectivity index (χ0v) is 22.0. The van der Waals surface area contributed by atoms with Gasteiger partial charge in [0.15, 0.2) is 0 Å². The number of nitrogens with zero attached hydrogens (tertiary/aromatic N) is 3. The number of ether oxygens (including phenoxy) is 1. The van der Waals surface area contributed by atoms with E-state index >= 15 is 0 Å². The van der Waals surface area contributed by atoms with Gasteiger partial charge < -0.3 is 19.9 Å². The number of esters is 1. The highest BCUT2D eigenvalue weighted by Gasteiger charge is 2.40. The van der Waals surface area contributed by atoms with Crippen LogP contribution in [0.25, 0.3) is 0 Å². The van der Waals surface area contributed by atoms with Crippen LogP contribution in [0.4, 0.5) is 4.79 Å². The maximum atomic E-state index is 13.1. The monoisotopic (exact) mass is 516 g/mol. The van der Waals surface area contributed by atoms with Gasteiger partial charge in [0, 0.05) is 32.2 Å². The minimum Gasteiger partial charge on any atom is -0.469 e. The van der Waals surface area contributed by atoms with Crippen LogP contribution in [0.1, 0.15) is 47.9 Å². The molecule has 0 bridgehead atoms. The molecule has 2 atom stereocenters. The molecule has 0 saturated carbocycles. The second-order valence-electron chi connectivity index (χ2n) is 10.1. The zero-order valence-electron chi connectivity index (χ0n) is 22.0. The van der Waals surface area contributed by atoms with Crippen LogP contribution in [-0.4, -0.2) is 67.0 Å². The van der Waals surface area contributed by atoms with Crippen LogP contribution in [0.2, 0.25) is 0 Å². The molecular weight excluding hydrogens is 480 g/mol. The molecule has 0 radical (unpaired) electrons. The number of carbonyl (C=O) groups is 3. The van der Waals surface area contributed by atoms with Crippen molar-refractivity contribution in [2.75, 3.05) is 33.3 Å². The minimum absolute atomic E-state index is 0.00168. The number of aryl methyl sites for hydroxylation is 1. The van der Waals surface area contributed by atoms with Gasteiger partial charge in [0.05, 0.1) is 31.1 Å². The standard InChI is InChI=1S/C30H36N4O4/c1-38-28(35)20-26-19-27(34(29(26)36)15-5-8-22-6-3-2-4-7-22)11-14-32-30(37)33-16-12-24-10-9-23(21-31)18-25(24)13-17-33/h2-4,6-7,9-10,18,26-27H,5,8,11-17,19-20H2,1H3,(H,32,37)/t26-,27+/m0/s1. The first kappa shape index (κ1) is 27.2. The fourth-order valence-electron chi connectivity index (χ4n) is 5.55. The van der Waals surface area contributed by atoms with Crippen molar-refractivity contribution in [1.82, 2.24) is 15.1 Å². The highest BCUT2D eigenvalue weighted by Crippen LogP contribution is 2.30. The van der Waals surface area contributed by atoms with E-state index in [2.05, 4.69) is 23.5 Å². The number of hydrogen-bond acceptors (Lipinski definition) is 5. The molecule has 38 heavy (non-hydrogen) atoms. The van der Waals surface area contributed by atoms with Crippen molar-refractivity contribution < 1.29 is 19.1 Å². The third-order valence-electron chi connectivity index (χ3n) is 7.66. The van der Waals surface area contributed by atoms with Crippen molar-refractivity contribution in [3.63, 3.8) is 0 Å². The Hall–Kier alpha value is -3.86. The van der Waals surface area contributed by atoms with Gasteiger partial charge in [-0.05, 0) is 67.3 Å². The van der Waals surface area contributed by atoms with Gasteiger partial charge in [-0.3, -0.25) is 9.59 Å². The first-order chi connectivity index (χ1) is 18.5. The van der Waals surface area contributed by atoms with Crippen LogP contribution in [0, 0.1) is 17.2 Å². The third kappa shape index (κ3) is 6.91. The van der Waals surface area contributed by atoms with Crippen LogP contribution < -0.4 is 5.32 Å². The van der Waals surface area contributed by atoms with Crippen molar-refractivity contribution in [3.05, 3.63) is 70.8 Å². The molecule has 2 aromatic rings.